The van der Waals surface area contributed by atoms with Crippen molar-refractivity contribution in [2.75, 3.05) is 26.6 Å². The first-order valence-electron chi connectivity index (χ1n) is 8.58. The normalized spacial score (nSPS) is 10.8. The van der Waals surface area contributed by atoms with E-state index < -0.39 is 11.4 Å². The summed E-state index contributed by atoms with van der Waals surface area (Å²) in [5, 5.41) is 5.57. The van der Waals surface area contributed by atoms with E-state index in [-0.39, 0.29) is 11.6 Å². The summed E-state index contributed by atoms with van der Waals surface area (Å²) in [5.41, 5.74) is 0.500. The Morgan fingerprint density at radius 1 is 0.929 bits per heavy atom. The Bertz CT molecular complexity index is 849. The lowest BCUT2D eigenvalue weighted by Gasteiger charge is -2.20. The number of rotatable bonds is 6. The number of anilines is 1. The fourth-order valence-corrected chi connectivity index (χ4v) is 2.46. The van der Waals surface area contributed by atoms with E-state index in [4.69, 9.17) is 14.2 Å². The third-order valence-electron chi connectivity index (χ3n) is 3.67. The number of carbonyl (C=O) groups excluding carboxylic acids is 2. The molecule has 0 aliphatic carbocycles. The van der Waals surface area contributed by atoms with Gasteiger partial charge >= 0.3 is 0 Å². The van der Waals surface area contributed by atoms with Crippen LogP contribution in [0.25, 0.3) is 0 Å². The maximum Gasteiger partial charge on any atom is 0.270 e. The van der Waals surface area contributed by atoms with Crippen molar-refractivity contribution in [3.05, 3.63) is 41.7 Å². The summed E-state index contributed by atoms with van der Waals surface area (Å²) in [6.07, 6.45) is 1.42. The quantitative estimate of drug-likeness (QED) is 0.791. The Morgan fingerprint density at radius 2 is 1.54 bits per heavy atom. The lowest BCUT2D eigenvalue weighted by atomic mass is 10.1. The number of nitrogens with zero attached hydrogens (tertiary/aromatic N) is 1. The highest BCUT2D eigenvalue weighted by atomic mass is 16.5. The molecule has 0 saturated heterocycles. The van der Waals surface area contributed by atoms with Crippen LogP contribution in [0.2, 0.25) is 0 Å². The SMILES string of the molecule is COc1cc(NC(=O)c2ccnc(C(=O)NC(C)(C)C)c2)cc(OC)c1OC. The van der Waals surface area contributed by atoms with Gasteiger partial charge in [0.1, 0.15) is 5.69 Å². The van der Waals surface area contributed by atoms with Gasteiger partial charge in [0.2, 0.25) is 5.75 Å². The standard InChI is InChI=1S/C20H25N3O5/c1-20(2,3)23-19(25)14-9-12(7-8-21-14)18(24)22-13-10-15(26-4)17(28-6)16(11-13)27-5/h7-11H,1-6H3,(H,22,24)(H,23,25). The first-order chi connectivity index (χ1) is 13.2. The molecule has 0 atom stereocenters. The minimum Gasteiger partial charge on any atom is -0.493 e. The van der Waals surface area contributed by atoms with Crippen molar-refractivity contribution in [1.82, 2.24) is 10.3 Å². The summed E-state index contributed by atoms with van der Waals surface area (Å²) in [4.78, 5) is 29.0. The minimum absolute atomic E-state index is 0.160. The Balaban J connectivity index is 2.26. The minimum atomic E-state index is -0.409. The van der Waals surface area contributed by atoms with E-state index in [2.05, 4.69) is 15.6 Å². The van der Waals surface area contributed by atoms with Crippen LogP contribution in [0.5, 0.6) is 17.2 Å². The maximum atomic E-state index is 12.6. The summed E-state index contributed by atoms with van der Waals surface area (Å²) in [7, 11) is 4.48. The summed E-state index contributed by atoms with van der Waals surface area (Å²) < 4.78 is 15.8. The topological polar surface area (TPSA) is 98.8 Å². The van der Waals surface area contributed by atoms with E-state index >= 15 is 0 Å². The zero-order chi connectivity index (χ0) is 20.9. The molecule has 2 rings (SSSR count). The maximum absolute atomic E-state index is 12.6. The Kier molecular flexibility index (Phi) is 6.45. The van der Waals surface area contributed by atoms with Crippen LogP contribution in [0.1, 0.15) is 41.6 Å². The number of carbonyl (C=O) groups is 2. The van der Waals surface area contributed by atoms with Gasteiger partial charge in [-0.25, -0.2) is 0 Å². The Labute approximate surface area is 164 Å². The van der Waals surface area contributed by atoms with Gasteiger partial charge in [-0.2, -0.15) is 0 Å². The molecule has 1 heterocycles. The molecule has 8 heteroatoms. The molecule has 0 unspecified atom stereocenters. The van der Waals surface area contributed by atoms with E-state index in [1.165, 1.54) is 39.7 Å². The van der Waals surface area contributed by atoms with Crippen LogP contribution in [0.15, 0.2) is 30.5 Å². The lowest BCUT2D eigenvalue weighted by Crippen LogP contribution is -2.41. The van der Waals surface area contributed by atoms with Crippen LogP contribution >= 0.6 is 0 Å². The van der Waals surface area contributed by atoms with Gasteiger partial charge in [0, 0.05) is 35.1 Å². The van der Waals surface area contributed by atoms with Crippen LogP contribution in [0, 0.1) is 0 Å². The van der Waals surface area contributed by atoms with Gasteiger partial charge in [-0.05, 0) is 32.9 Å². The summed E-state index contributed by atoms with van der Waals surface area (Å²) in [6, 6.07) is 6.21. The van der Waals surface area contributed by atoms with Gasteiger partial charge in [0.25, 0.3) is 11.8 Å². The third-order valence-corrected chi connectivity index (χ3v) is 3.67. The van der Waals surface area contributed by atoms with Gasteiger partial charge in [0.15, 0.2) is 11.5 Å². The number of amides is 2. The molecule has 0 aliphatic heterocycles. The van der Waals surface area contributed by atoms with Gasteiger partial charge in [0.05, 0.1) is 21.3 Å². The molecule has 1 aromatic carbocycles. The highest BCUT2D eigenvalue weighted by Gasteiger charge is 2.19. The highest BCUT2D eigenvalue weighted by molar-refractivity contribution is 6.06. The van der Waals surface area contributed by atoms with Gasteiger partial charge in [-0.1, -0.05) is 0 Å². The number of aromatic nitrogens is 1. The third kappa shape index (κ3) is 5.12. The molecule has 2 amide bonds. The average molecular weight is 387 g/mol. The second-order valence-electron chi connectivity index (χ2n) is 7.00. The van der Waals surface area contributed by atoms with Gasteiger partial charge in [-0.3, -0.25) is 14.6 Å². The first-order valence-corrected chi connectivity index (χ1v) is 8.58. The van der Waals surface area contributed by atoms with Crippen molar-refractivity contribution in [2.45, 2.75) is 26.3 Å². The predicted molar refractivity (Wildman–Crippen MR) is 106 cm³/mol. The lowest BCUT2D eigenvalue weighted by molar-refractivity contribution is 0.0914. The summed E-state index contributed by atoms with van der Waals surface area (Å²) in [6.45, 7) is 5.60. The van der Waals surface area contributed by atoms with Gasteiger partial charge in [-0.15, -0.1) is 0 Å². The number of nitrogens with one attached hydrogen (secondary N) is 2. The smallest absolute Gasteiger partial charge is 0.270 e. The first kappa shape index (κ1) is 21.0. The zero-order valence-corrected chi connectivity index (χ0v) is 16.9. The van der Waals surface area contributed by atoms with E-state index in [1.807, 2.05) is 20.8 Å². The van der Waals surface area contributed by atoms with Crippen molar-refractivity contribution in [1.29, 1.82) is 0 Å². The average Bonchev–Trinajstić information content (AvgIpc) is 2.65. The van der Waals surface area contributed by atoms with Crippen LogP contribution in [-0.2, 0) is 0 Å². The number of hydrogen-bond acceptors (Lipinski definition) is 6. The van der Waals surface area contributed by atoms with Crippen molar-refractivity contribution in [2.24, 2.45) is 0 Å². The van der Waals surface area contributed by atoms with Crippen LogP contribution < -0.4 is 24.8 Å². The fourth-order valence-electron chi connectivity index (χ4n) is 2.46. The Morgan fingerprint density at radius 3 is 2.04 bits per heavy atom. The number of methoxy groups -OCH3 is 3. The molecular weight excluding hydrogens is 362 g/mol. The van der Waals surface area contributed by atoms with Crippen molar-refractivity contribution in [3.63, 3.8) is 0 Å². The molecule has 0 bridgehead atoms. The van der Waals surface area contributed by atoms with Crippen LogP contribution in [0.4, 0.5) is 5.69 Å². The molecule has 2 N–H and O–H groups in total. The predicted octanol–water partition coefficient (Wildman–Crippen LogP) is 2.89. The molecule has 150 valence electrons. The van der Waals surface area contributed by atoms with Crippen molar-refractivity contribution >= 4 is 17.5 Å². The second kappa shape index (κ2) is 8.60. The molecule has 2 aromatic rings. The zero-order valence-electron chi connectivity index (χ0n) is 16.9. The number of hydrogen-bond donors (Lipinski definition) is 2. The number of ether oxygens (including phenoxy) is 3. The molecule has 0 fully saturated rings. The summed E-state index contributed by atoms with van der Waals surface area (Å²) in [5.74, 6) is 0.499. The van der Waals surface area contributed by atoms with E-state index in [1.54, 1.807) is 12.1 Å². The molecule has 8 nitrogen and oxygen atoms in total. The van der Waals surface area contributed by atoms with E-state index in [9.17, 15) is 9.59 Å². The van der Waals surface area contributed by atoms with Crippen LogP contribution in [-0.4, -0.2) is 43.7 Å². The van der Waals surface area contributed by atoms with E-state index in [0.717, 1.165) is 0 Å². The largest absolute Gasteiger partial charge is 0.493 e. The highest BCUT2D eigenvalue weighted by Crippen LogP contribution is 2.40. The number of benzene rings is 1. The van der Waals surface area contributed by atoms with Crippen molar-refractivity contribution < 1.29 is 23.8 Å². The number of pyridine rings is 1. The molecule has 0 spiro atoms. The van der Waals surface area contributed by atoms with Crippen molar-refractivity contribution in [3.8, 4) is 17.2 Å². The molecule has 0 saturated carbocycles. The van der Waals surface area contributed by atoms with Crippen LogP contribution in [0.3, 0.4) is 0 Å². The second-order valence-corrected chi connectivity index (χ2v) is 7.00. The molecular formula is C20H25N3O5. The van der Waals surface area contributed by atoms with E-state index in [0.29, 0.717) is 28.5 Å². The molecule has 0 radical (unpaired) electrons. The Hall–Kier alpha value is -3.29. The molecule has 1 aromatic heterocycles. The monoisotopic (exact) mass is 387 g/mol. The molecule has 0 aliphatic rings. The summed E-state index contributed by atoms with van der Waals surface area (Å²) >= 11 is 0. The fraction of sp³-hybridized carbons (Fsp3) is 0.350. The van der Waals surface area contributed by atoms with Gasteiger partial charge < -0.3 is 24.8 Å². The molecule has 28 heavy (non-hydrogen) atoms.